The maximum Gasteiger partial charge on any atom is 0.103 e. The number of thiophene rings is 1. The van der Waals surface area contributed by atoms with E-state index in [0.29, 0.717) is 6.04 Å². The lowest BCUT2D eigenvalue weighted by atomic mass is 9.94. The van der Waals surface area contributed by atoms with Crippen molar-refractivity contribution < 1.29 is 5.11 Å². The summed E-state index contributed by atoms with van der Waals surface area (Å²) >= 11 is 1.63. The van der Waals surface area contributed by atoms with Crippen molar-refractivity contribution >= 4 is 11.3 Å². The molecule has 1 aliphatic carbocycles. The molecule has 3 heteroatoms. The van der Waals surface area contributed by atoms with E-state index < -0.39 is 0 Å². The number of aliphatic hydroxyl groups excluding tert-OH is 1. The molecule has 1 fully saturated rings. The standard InChI is InChI=1S/C13H21NOS/c1-10(13(15)12-8-5-9-16-12)14-11-6-3-2-4-7-11/h5,8-11,13-15H,2-4,6-7H2,1H3. The number of hydrogen-bond acceptors (Lipinski definition) is 3. The Kier molecular flexibility index (Phi) is 4.38. The first-order valence-corrected chi connectivity index (χ1v) is 7.13. The summed E-state index contributed by atoms with van der Waals surface area (Å²) in [5.41, 5.74) is 0. The van der Waals surface area contributed by atoms with Gasteiger partial charge in [-0.15, -0.1) is 11.3 Å². The van der Waals surface area contributed by atoms with Gasteiger partial charge in [0.25, 0.3) is 0 Å². The van der Waals surface area contributed by atoms with Crippen LogP contribution < -0.4 is 5.32 Å². The molecule has 1 heterocycles. The predicted molar refractivity (Wildman–Crippen MR) is 68.7 cm³/mol. The van der Waals surface area contributed by atoms with Crippen molar-refractivity contribution in [3.05, 3.63) is 22.4 Å². The third kappa shape index (κ3) is 3.06. The highest BCUT2D eigenvalue weighted by molar-refractivity contribution is 7.10. The lowest BCUT2D eigenvalue weighted by molar-refractivity contribution is 0.128. The predicted octanol–water partition coefficient (Wildman–Crippen LogP) is 3.09. The number of aliphatic hydroxyl groups is 1. The normalized spacial score (nSPS) is 21.9. The van der Waals surface area contributed by atoms with Gasteiger partial charge in [-0.3, -0.25) is 0 Å². The van der Waals surface area contributed by atoms with Gasteiger partial charge in [0.2, 0.25) is 0 Å². The van der Waals surface area contributed by atoms with Gasteiger partial charge in [0, 0.05) is 17.0 Å². The average Bonchev–Trinajstić information content (AvgIpc) is 2.83. The van der Waals surface area contributed by atoms with E-state index in [9.17, 15) is 5.11 Å². The lowest BCUT2D eigenvalue weighted by Crippen LogP contribution is -2.40. The van der Waals surface area contributed by atoms with E-state index in [4.69, 9.17) is 0 Å². The van der Waals surface area contributed by atoms with Gasteiger partial charge in [-0.1, -0.05) is 25.3 Å². The molecular formula is C13H21NOS. The molecule has 1 aliphatic rings. The summed E-state index contributed by atoms with van der Waals surface area (Å²) in [6, 6.07) is 4.77. The summed E-state index contributed by atoms with van der Waals surface area (Å²) in [6.07, 6.45) is 6.21. The van der Waals surface area contributed by atoms with Crippen LogP contribution in [0.2, 0.25) is 0 Å². The van der Waals surface area contributed by atoms with Gasteiger partial charge in [0.05, 0.1) is 0 Å². The molecule has 0 aliphatic heterocycles. The SMILES string of the molecule is CC(NC1CCCCC1)C(O)c1cccs1. The van der Waals surface area contributed by atoms with Gasteiger partial charge in [0.15, 0.2) is 0 Å². The Hall–Kier alpha value is -0.380. The molecule has 16 heavy (non-hydrogen) atoms. The molecule has 2 atom stereocenters. The van der Waals surface area contributed by atoms with Gasteiger partial charge in [-0.2, -0.15) is 0 Å². The zero-order chi connectivity index (χ0) is 11.4. The van der Waals surface area contributed by atoms with Gasteiger partial charge < -0.3 is 10.4 Å². The second-order valence-corrected chi connectivity index (χ2v) is 5.73. The summed E-state index contributed by atoms with van der Waals surface area (Å²) in [7, 11) is 0. The number of hydrogen-bond donors (Lipinski definition) is 2. The van der Waals surface area contributed by atoms with Crippen molar-refractivity contribution in [1.82, 2.24) is 5.32 Å². The van der Waals surface area contributed by atoms with Crippen molar-refractivity contribution in [1.29, 1.82) is 0 Å². The van der Waals surface area contributed by atoms with E-state index in [1.54, 1.807) is 11.3 Å². The molecule has 0 bridgehead atoms. The van der Waals surface area contributed by atoms with Crippen LogP contribution in [0.1, 0.15) is 50.0 Å². The summed E-state index contributed by atoms with van der Waals surface area (Å²) in [5.74, 6) is 0. The van der Waals surface area contributed by atoms with E-state index in [0.717, 1.165) is 4.88 Å². The van der Waals surface area contributed by atoms with Crippen molar-refractivity contribution in [3.63, 3.8) is 0 Å². The first-order chi connectivity index (χ1) is 7.77. The molecule has 0 aromatic carbocycles. The molecule has 0 saturated heterocycles. The Morgan fingerprint density at radius 1 is 1.38 bits per heavy atom. The maximum absolute atomic E-state index is 10.2. The van der Waals surface area contributed by atoms with Crippen LogP contribution in [0, 0.1) is 0 Å². The molecule has 0 spiro atoms. The summed E-state index contributed by atoms with van der Waals surface area (Å²) < 4.78 is 0. The highest BCUT2D eigenvalue weighted by Crippen LogP contribution is 2.24. The highest BCUT2D eigenvalue weighted by Gasteiger charge is 2.21. The van der Waals surface area contributed by atoms with Crippen molar-refractivity contribution in [2.75, 3.05) is 0 Å². The van der Waals surface area contributed by atoms with E-state index in [2.05, 4.69) is 12.2 Å². The lowest BCUT2D eigenvalue weighted by Gasteiger charge is -2.28. The monoisotopic (exact) mass is 239 g/mol. The molecule has 2 unspecified atom stereocenters. The Balaban J connectivity index is 1.84. The van der Waals surface area contributed by atoms with E-state index >= 15 is 0 Å². The van der Waals surface area contributed by atoms with Gasteiger partial charge in [0.1, 0.15) is 6.10 Å². The molecule has 0 amide bonds. The molecular weight excluding hydrogens is 218 g/mol. The molecule has 2 rings (SSSR count). The van der Waals surface area contributed by atoms with Gasteiger partial charge >= 0.3 is 0 Å². The molecule has 2 nitrogen and oxygen atoms in total. The van der Waals surface area contributed by atoms with Crippen LogP contribution in [0.15, 0.2) is 17.5 Å². The van der Waals surface area contributed by atoms with Crippen LogP contribution in [0.25, 0.3) is 0 Å². The summed E-state index contributed by atoms with van der Waals surface area (Å²) in [4.78, 5) is 1.07. The Labute approximate surface area is 102 Å². The van der Waals surface area contributed by atoms with Crippen LogP contribution >= 0.6 is 11.3 Å². The second kappa shape index (κ2) is 5.80. The zero-order valence-corrected chi connectivity index (χ0v) is 10.7. The summed E-state index contributed by atoms with van der Waals surface area (Å²) in [6.45, 7) is 2.08. The minimum absolute atomic E-state index is 0.154. The zero-order valence-electron chi connectivity index (χ0n) is 9.86. The van der Waals surface area contributed by atoms with Crippen LogP contribution in [0.3, 0.4) is 0 Å². The largest absolute Gasteiger partial charge is 0.386 e. The fourth-order valence-electron chi connectivity index (χ4n) is 2.44. The van der Waals surface area contributed by atoms with Gasteiger partial charge in [-0.25, -0.2) is 0 Å². The van der Waals surface area contributed by atoms with Crippen LogP contribution in [-0.4, -0.2) is 17.2 Å². The van der Waals surface area contributed by atoms with Gasteiger partial charge in [-0.05, 0) is 31.2 Å². The van der Waals surface area contributed by atoms with E-state index in [1.165, 1.54) is 32.1 Å². The van der Waals surface area contributed by atoms with Crippen molar-refractivity contribution in [2.24, 2.45) is 0 Å². The average molecular weight is 239 g/mol. The third-order valence-corrected chi connectivity index (χ3v) is 4.36. The fraction of sp³-hybridized carbons (Fsp3) is 0.692. The smallest absolute Gasteiger partial charge is 0.103 e. The topological polar surface area (TPSA) is 32.3 Å². The Morgan fingerprint density at radius 3 is 2.75 bits per heavy atom. The van der Waals surface area contributed by atoms with Crippen LogP contribution in [0.5, 0.6) is 0 Å². The van der Waals surface area contributed by atoms with Crippen LogP contribution in [-0.2, 0) is 0 Å². The first kappa shape index (κ1) is 12.1. The summed E-state index contributed by atoms with van der Waals surface area (Å²) in [5, 5.41) is 15.7. The fourth-order valence-corrected chi connectivity index (χ4v) is 3.25. The minimum Gasteiger partial charge on any atom is -0.386 e. The molecule has 90 valence electrons. The molecule has 2 N–H and O–H groups in total. The Bertz CT molecular complexity index is 293. The van der Waals surface area contributed by atoms with Crippen molar-refractivity contribution in [3.8, 4) is 0 Å². The second-order valence-electron chi connectivity index (χ2n) is 4.75. The van der Waals surface area contributed by atoms with E-state index in [1.807, 2.05) is 17.5 Å². The van der Waals surface area contributed by atoms with Crippen molar-refractivity contribution in [2.45, 2.75) is 57.2 Å². The molecule has 1 saturated carbocycles. The number of rotatable bonds is 4. The maximum atomic E-state index is 10.2. The number of nitrogens with one attached hydrogen (secondary N) is 1. The molecule has 1 aromatic heterocycles. The quantitative estimate of drug-likeness (QED) is 0.846. The van der Waals surface area contributed by atoms with E-state index in [-0.39, 0.29) is 12.1 Å². The minimum atomic E-state index is -0.359. The van der Waals surface area contributed by atoms with Crippen LogP contribution in [0.4, 0.5) is 0 Å². The third-order valence-electron chi connectivity index (χ3n) is 3.41. The molecule has 1 aromatic rings. The molecule has 0 radical (unpaired) electrons. The highest BCUT2D eigenvalue weighted by atomic mass is 32.1. The first-order valence-electron chi connectivity index (χ1n) is 6.25. The Morgan fingerprint density at radius 2 is 2.12 bits per heavy atom.